The zero-order chi connectivity index (χ0) is 30.6. The second-order valence-electron chi connectivity index (χ2n) is 11.7. The Bertz CT molecular complexity index is 1340. The Morgan fingerprint density at radius 3 is 2.16 bits per heavy atom. The lowest BCUT2D eigenvalue weighted by Gasteiger charge is -2.50. The maximum absolute atomic E-state index is 13.1. The number of aliphatic hydroxyl groups excluding tert-OH is 1. The molecule has 0 saturated carbocycles. The van der Waals surface area contributed by atoms with E-state index in [-0.39, 0.29) is 25.2 Å². The Morgan fingerprint density at radius 1 is 0.795 bits per heavy atom. The van der Waals surface area contributed by atoms with Crippen LogP contribution in [0.2, 0.25) is 0 Å². The third kappa shape index (κ3) is 6.74. The first kappa shape index (κ1) is 30.9. The normalized spacial score (nSPS) is 35.4. The van der Waals surface area contributed by atoms with E-state index in [9.17, 15) is 9.90 Å². The molecular weight excluding hydrogens is 564 g/mol. The van der Waals surface area contributed by atoms with Gasteiger partial charge in [0.2, 0.25) is 0 Å². The van der Waals surface area contributed by atoms with Gasteiger partial charge in [0, 0.05) is 11.5 Å². The van der Waals surface area contributed by atoms with Crippen LogP contribution in [0.1, 0.15) is 48.5 Å². The van der Waals surface area contributed by atoms with Crippen molar-refractivity contribution in [2.24, 2.45) is 5.92 Å². The second kappa shape index (κ2) is 13.9. The van der Waals surface area contributed by atoms with Gasteiger partial charge in [0.25, 0.3) is 0 Å². The number of rotatable bonds is 8. The molecule has 0 bridgehead atoms. The summed E-state index contributed by atoms with van der Waals surface area (Å²) in [6.45, 7) is 6.24. The van der Waals surface area contributed by atoms with Crippen molar-refractivity contribution in [2.45, 2.75) is 88.8 Å². The van der Waals surface area contributed by atoms with Crippen LogP contribution in [0.3, 0.4) is 0 Å². The van der Waals surface area contributed by atoms with E-state index in [4.69, 9.17) is 33.2 Å². The van der Waals surface area contributed by atoms with E-state index in [0.717, 1.165) is 11.1 Å². The molecule has 3 aliphatic rings. The molecule has 44 heavy (non-hydrogen) atoms. The molecule has 9 nitrogen and oxygen atoms in total. The molecule has 0 spiro atoms. The third-order valence-corrected chi connectivity index (χ3v) is 8.68. The van der Waals surface area contributed by atoms with Crippen LogP contribution < -0.4 is 0 Å². The van der Waals surface area contributed by atoms with Gasteiger partial charge in [0.05, 0.1) is 31.0 Å². The zero-order valence-corrected chi connectivity index (χ0v) is 25.1. The summed E-state index contributed by atoms with van der Waals surface area (Å²) in [5, 5.41) is 11.8. The number of carbonyl (C=O) groups is 1. The Hall–Kier alpha value is -3.15. The van der Waals surface area contributed by atoms with E-state index in [1.807, 2.05) is 87.5 Å². The molecule has 11 atom stereocenters. The lowest BCUT2D eigenvalue weighted by Crippen LogP contribution is -2.65. The monoisotopic (exact) mass is 604 g/mol. The average Bonchev–Trinajstić information content (AvgIpc) is 3.06. The van der Waals surface area contributed by atoms with E-state index in [0.29, 0.717) is 5.56 Å². The lowest BCUT2D eigenvalue weighted by molar-refractivity contribution is -0.380. The van der Waals surface area contributed by atoms with Gasteiger partial charge >= 0.3 is 5.97 Å². The molecule has 0 aromatic heterocycles. The third-order valence-electron chi connectivity index (χ3n) is 8.68. The molecule has 1 N–H and O–H groups in total. The van der Waals surface area contributed by atoms with Crippen molar-refractivity contribution in [3.8, 4) is 0 Å². The molecule has 6 rings (SSSR count). The van der Waals surface area contributed by atoms with E-state index < -0.39 is 61.3 Å². The molecule has 3 aromatic rings. The number of esters is 1. The summed E-state index contributed by atoms with van der Waals surface area (Å²) < 4.78 is 44.0. The number of aliphatic hydroxyl groups is 1. The maximum Gasteiger partial charge on any atom is 0.338 e. The van der Waals surface area contributed by atoms with Crippen LogP contribution >= 0.6 is 0 Å². The van der Waals surface area contributed by atoms with Gasteiger partial charge in [-0.15, -0.1) is 0 Å². The molecule has 3 aliphatic heterocycles. The molecule has 3 aromatic carbocycles. The highest BCUT2D eigenvalue weighted by Gasteiger charge is 2.53. The van der Waals surface area contributed by atoms with Crippen molar-refractivity contribution in [1.29, 1.82) is 0 Å². The largest absolute Gasteiger partial charge is 0.453 e. The highest BCUT2D eigenvalue weighted by Crippen LogP contribution is 2.38. The first-order chi connectivity index (χ1) is 21.4. The van der Waals surface area contributed by atoms with Gasteiger partial charge in [-0.25, -0.2) is 4.79 Å². The van der Waals surface area contributed by atoms with Crippen LogP contribution in [-0.2, 0) is 39.8 Å². The standard InChI is InChI=1S/C35H40O9/c1-21-22(2)40-23(3)30(42-33(37)25-15-9-5-10-16-25)29(21)43-35-32(38-19-24-13-7-4-8-14-24)28(36)31-27(41-35)20-39-34(44-31)26-17-11-6-12-18-26/h4-18,21-23,27-32,34-36H,19-20H2,1-3H3/t21?,22?,23-,27?,28-,29-,30+,31+,32?,34?,35-/m0/s1. The molecule has 3 fully saturated rings. The van der Waals surface area contributed by atoms with Crippen molar-refractivity contribution < 1.29 is 43.1 Å². The van der Waals surface area contributed by atoms with Gasteiger partial charge in [-0.05, 0) is 31.5 Å². The summed E-state index contributed by atoms with van der Waals surface area (Å²) in [4.78, 5) is 13.1. The van der Waals surface area contributed by atoms with Crippen LogP contribution in [0.15, 0.2) is 91.0 Å². The Morgan fingerprint density at radius 2 is 1.45 bits per heavy atom. The first-order valence-corrected chi connectivity index (χ1v) is 15.3. The molecule has 9 heteroatoms. The van der Waals surface area contributed by atoms with Crippen molar-refractivity contribution in [1.82, 2.24) is 0 Å². The predicted molar refractivity (Wildman–Crippen MR) is 159 cm³/mol. The summed E-state index contributed by atoms with van der Waals surface area (Å²) >= 11 is 0. The molecular formula is C35H40O9. The highest BCUT2D eigenvalue weighted by atomic mass is 16.8. The van der Waals surface area contributed by atoms with Crippen LogP contribution in [0.25, 0.3) is 0 Å². The summed E-state index contributed by atoms with van der Waals surface area (Å²) in [6, 6.07) is 28.1. The van der Waals surface area contributed by atoms with Crippen molar-refractivity contribution in [2.75, 3.05) is 6.61 Å². The van der Waals surface area contributed by atoms with E-state index >= 15 is 0 Å². The van der Waals surface area contributed by atoms with Gasteiger partial charge in [0.1, 0.15) is 30.5 Å². The summed E-state index contributed by atoms with van der Waals surface area (Å²) in [5.41, 5.74) is 2.22. The molecule has 3 heterocycles. The van der Waals surface area contributed by atoms with E-state index in [1.54, 1.807) is 24.3 Å². The smallest absolute Gasteiger partial charge is 0.338 e. The number of ether oxygens (including phenoxy) is 7. The van der Waals surface area contributed by atoms with E-state index in [1.165, 1.54) is 0 Å². The fourth-order valence-corrected chi connectivity index (χ4v) is 6.06. The van der Waals surface area contributed by atoms with Gasteiger partial charge in [-0.3, -0.25) is 0 Å². The fourth-order valence-electron chi connectivity index (χ4n) is 6.06. The Balaban J connectivity index is 1.24. The number of hydrogen-bond donors (Lipinski definition) is 1. The maximum atomic E-state index is 13.1. The Kier molecular flexibility index (Phi) is 9.73. The summed E-state index contributed by atoms with van der Waals surface area (Å²) in [6.07, 6.45) is -6.95. The van der Waals surface area contributed by atoms with Gasteiger partial charge < -0.3 is 38.3 Å². The minimum atomic E-state index is -1.09. The second-order valence-corrected chi connectivity index (χ2v) is 11.7. The molecule has 0 amide bonds. The minimum Gasteiger partial charge on any atom is -0.453 e. The molecule has 0 radical (unpaired) electrons. The number of benzene rings is 3. The highest BCUT2D eigenvalue weighted by molar-refractivity contribution is 5.89. The van der Waals surface area contributed by atoms with Crippen molar-refractivity contribution >= 4 is 5.97 Å². The quantitative estimate of drug-likeness (QED) is 0.363. The van der Waals surface area contributed by atoms with Crippen LogP contribution in [0.4, 0.5) is 0 Å². The van der Waals surface area contributed by atoms with Gasteiger partial charge in [-0.1, -0.05) is 85.8 Å². The van der Waals surface area contributed by atoms with Crippen molar-refractivity contribution in [3.63, 3.8) is 0 Å². The SMILES string of the molecule is CC1O[C@@H](C)[C@@H](OC(=O)c2ccccc2)[C@@H](O[C@@H]2OC3COC(c4ccccc4)O[C@H]3[C@H](O)C2OCc2ccccc2)C1C. The van der Waals surface area contributed by atoms with Crippen LogP contribution in [0.5, 0.6) is 0 Å². The molecule has 0 aliphatic carbocycles. The zero-order valence-electron chi connectivity index (χ0n) is 25.1. The Labute approximate surface area is 257 Å². The molecule has 3 saturated heterocycles. The van der Waals surface area contributed by atoms with Gasteiger partial charge in [-0.2, -0.15) is 0 Å². The lowest BCUT2D eigenvalue weighted by atomic mass is 9.88. The van der Waals surface area contributed by atoms with Gasteiger partial charge in [0.15, 0.2) is 18.7 Å². The first-order valence-electron chi connectivity index (χ1n) is 15.3. The number of hydrogen-bond acceptors (Lipinski definition) is 9. The predicted octanol–water partition coefficient (Wildman–Crippen LogP) is 4.83. The topological polar surface area (TPSA) is 102 Å². The summed E-state index contributed by atoms with van der Waals surface area (Å²) in [5.74, 6) is -0.640. The van der Waals surface area contributed by atoms with Crippen molar-refractivity contribution in [3.05, 3.63) is 108 Å². The number of carbonyl (C=O) groups excluding carboxylic acids is 1. The number of fused-ring (bicyclic) bond motifs is 1. The summed E-state index contributed by atoms with van der Waals surface area (Å²) in [7, 11) is 0. The molecule has 234 valence electrons. The van der Waals surface area contributed by atoms with E-state index in [2.05, 4.69) is 0 Å². The fraction of sp³-hybridized carbons (Fsp3) is 0.457. The average molecular weight is 605 g/mol. The van der Waals surface area contributed by atoms with Crippen LogP contribution in [0, 0.1) is 5.92 Å². The molecule has 5 unspecified atom stereocenters. The minimum absolute atomic E-state index is 0.172. The van der Waals surface area contributed by atoms with Crippen LogP contribution in [-0.4, -0.2) is 72.8 Å².